The Balaban J connectivity index is 1.91. The first-order chi connectivity index (χ1) is 8.79. The molecule has 1 aromatic carbocycles. The third-order valence-electron chi connectivity index (χ3n) is 3.11. The van der Waals surface area contributed by atoms with Gasteiger partial charge in [0.1, 0.15) is 0 Å². The molecular formula is C15H16BrClS. The number of hydrogen-bond donors (Lipinski definition) is 0. The van der Waals surface area contributed by atoms with E-state index in [1.807, 2.05) is 12.1 Å². The van der Waals surface area contributed by atoms with E-state index < -0.39 is 0 Å². The van der Waals surface area contributed by atoms with Gasteiger partial charge in [-0.05, 0) is 59.2 Å². The van der Waals surface area contributed by atoms with Crippen LogP contribution in [0.3, 0.4) is 0 Å². The van der Waals surface area contributed by atoms with E-state index in [2.05, 4.69) is 44.9 Å². The van der Waals surface area contributed by atoms with Crippen molar-refractivity contribution >= 4 is 38.9 Å². The molecule has 0 N–H and O–H groups in total. The zero-order valence-electron chi connectivity index (χ0n) is 10.1. The van der Waals surface area contributed by atoms with Crippen LogP contribution in [0.1, 0.15) is 17.5 Å². The van der Waals surface area contributed by atoms with Gasteiger partial charge in [-0.25, -0.2) is 0 Å². The third-order valence-corrected chi connectivity index (χ3v) is 5.12. The monoisotopic (exact) mass is 342 g/mol. The molecule has 0 aliphatic rings. The second kappa shape index (κ2) is 7.32. The Kier molecular flexibility index (Phi) is 5.74. The summed E-state index contributed by atoms with van der Waals surface area (Å²) in [5.74, 6) is 0.643. The summed E-state index contributed by atoms with van der Waals surface area (Å²) in [4.78, 5) is 0. The van der Waals surface area contributed by atoms with E-state index >= 15 is 0 Å². The summed E-state index contributed by atoms with van der Waals surface area (Å²) >= 11 is 11.6. The Labute approximate surface area is 126 Å². The van der Waals surface area contributed by atoms with Crippen LogP contribution in [0, 0.1) is 5.92 Å². The van der Waals surface area contributed by atoms with Crippen LogP contribution in [0.15, 0.2) is 41.1 Å². The largest absolute Gasteiger partial charge is 0.152 e. The molecule has 18 heavy (non-hydrogen) atoms. The van der Waals surface area contributed by atoms with Gasteiger partial charge >= 0.3 is 0 Å². The topological polar surface area (TPSA) is 0 Å². The normalized spacial score (nSPS) is 12.6. The van der Waals surface area contributed by atoms with Crippen molar-refractivity contribution in [2.75, 3.05) is 5.33 Å². The van der Waals surface area contributed by atoms with Gasteiger partial charge < -0.3 is 0 Å². The van der Waals surface area contributed by atoms with Crippen molar-refractivity contribution in [1.82, 2.24) is 0 Å². The molecule has 2 rings (SSSR count). The summed E-state index contributed by atoms with van der Waals surface area (Å²) in [6.45, 7) is 0. The van der Waals surface area contributed by atoms with Crippen molar-refractivity contribution in [3.63, 3.8) is 0 Å². The molecule has 1 heterocycles. The molecule has 0 spiro atoms. The number of benzene rings is 1. The first kappa shape index (κ1) is 14.1. The zero-order valence-corrected chi connectivity index (χ0v) is 13.3. The van der Waals surface area contributed by atoms with Crippen LogP contribution in [-0.4, -0.2) is 5.33 Å². The first-order valence-electron chi connectivity index (χ1n) is 6.10. The SMILES string of the molecule is Clc1ccccc1CC(CBr)CCc1ccsc1. The molecule has 0 aliphatic heterocycles. The molecule has 0 nitrogen and oxygen atoms in total. The summed E-state index contributed by atoms with van der Waals surface area (Å²) in [5, 5.41) is 6.30. The minimum atomic E-state index is 0.643. The fourth-order valence-corrected chi connectivity index (χ4v) is 3.48. The van der Waals surface area contributed by atoms with Crippen molar-refractivity contribution in [3.05, 3.63) is 57.2 Å². The summed E-state index contributed by atoms with van der Waals surface area (Å²) in [6.07, 6.45) is 3.41. The molecule has 1 atom stereocenters. The summed E-state index contributed by atoms with van der Waals surface area (Å²) in [5.41, 5.74) is 2.71. The molecule has 0 aliphatic carbocycles. The molecule has 3 heteroatoms. The Morgan fingerprint density at radius 1 is 1.22 bits per heavy atom. The number of rotatable bonds is 6. The highest BCUT2D eigenvalue weighted by Gasteiger charge is 2.10. The second-order valence-corrected chi connectivity index (χ2v) is 6.32. The maximum atomic E-state index is 6.21. The number of alkyl halides is 1. The molecule has 2 aromatic rings. The summed E-state index contributed by atoms with van der Waals surface area (Å²) in [6, 6.07) is 10.4. The van der Waals surface area contributed by atoms with Gasteiger partial charge in [0.2, 0.25) is 0 Å². The molecule has 1 unspecified atom stereocenters. The Morgan fingerprint density at radius 3 is 2.72 bits per heavy atom. The highest BCUT2D eigenvalue weighted by atomic mass is 79.9. The molecule has 0 bridgehead atoms. The number of hydrogen-bond acceptors (Lipinski definition) is 1. The lowest BCUT2D eigenvalue weighted by Crippen LogP contribution is -2.08. The van der Waals surface area contributed by atoms with Gasteiger partial charge in [0.05, 0.1) is 0 Å². The van der Waals surface area contributed by atoms with Crippen LogP contribution < -0.4 is 0 Å². The van der Waals surface area contributed by atoms with Gasteiger partial charge in [-0.3, -0.25) is 0 Å². The van der Waals surface area contributed by atoms with Gasteiger partial charge in [0, 0.05) is 10.4 Å². The van der Waals surface area contributed by atoms with Gasteiger partial charge in [0.15, 0.2) is 0 Å². The first-order valence-corrected chi connectivity index (χ1v) is 8.54. The lowest BCUT2D eigenvalue weighted by Gasteiger charge is -2.14. The minimum absolute atomic E-state index is 0.643. The lowest BCUT2D eigenvalue weighted by molar-refractivity contribution is 0.543. The van der Waals surface area contributed by atoms with Crippen LogP contribution in [-0.2, 0) is 12.8 Å². The predicted molar refractivity (Wildman–Crippen MR) is 85.1 cm³/mol. The second-order valence-electron chi connectivity index (χ2n) is 4.49. The van der Waals surface area contributed by atoms with Crippen molar-refractivity contribution in [2.24, 2.45) is 5.92 Å². The predicted octanol–water partition coefficient (Wildman–Crippen LogP) is 5.59. The fourth-order valence-electron chi connectivity index (χ4n) is 2.01. The number of halogens is 2. The lowest BCUT2D eigenvalue weighted by atomic mass is 9.95. The van der Waals surface area contributed by atoms with Gasteiger partial charge in [-0.2, -0.15) is 11.3 Å². The quantitative estimate of drug-likeness (QED) is 0.600. The average Bonchev–Trinajstić information content (AvgIpc) is 2.90. The molecule has 96 valence electrons. The number of thiophene rings is 1. The molecule has 0 amide bonds. The van der Waals surface area contributed by atoms with Crippen molar-refractivity contribution < 1.29 is 0 Å². The van der Waals surface area contributed by atoms with E-state index in [4.69, 9.17) is 11.6 Å². The third kappa shape index (κ3) is 4.11. The minimum Gasteiger partial charge on any atom is -0.152 e. The van der Waals surface area contributed by atoms with Crippen LogP contribution in [0.4, 0.5) is 0 Å². The van der Waals surface area contributed by atoms with Gasteiger partial charge in [0.25, 0.3) is 0 Å². The molecule has 0 saturated heterocycles. The smallest absolute Gasteiger partial charge is 0.0438 e. The maximum absolute atomic E-state index is 6.21. The average molecular weight is 344 g/mol. The molecule has 0 saturated carbocycles. The van der Waals surface area contributed by atoms with Gasteiger partial charge in [-0.15, -0.1) is 0 Å². The Hall–Kier alpha value is -0.310. The maximum Gasteiger partial charge on any atom is 0.0438 e. The fraction of sp³-hybridized carbons (Fsp3) is 0.333. The Bertz CT molecular complexity index is 467. The number of aryl methyl sites for hydroxylation is 1. The van der Waals surface area contributed by atoms with Crippen molar-refractivity contribution in [3.8, 4) is 0 Å². The van der Waals surface area contributed by atoms with E-state index in [9.17, 15) is 0 Å². The summed E-state index contributed by atoms with van der Waals surface area (Å²) < 4.78 is 0. The van der Waals surface area contributed by atoms with Crippen molar-refractivity contribution in [1.29, 1.82) is 0 Å². The van der Waals surface area contributed by atoms with Crippen LogP contribution in [0.2, 0.25) is 5.02 Å². The molecule has 1 aromatic heterocycles. The Morgan fingerprint density at radius 2 is 2.06 bits per heavy atom. The molecule has 0 fully saturated rings. The zero-order chi connectivity index (χ0) is 12.8. The molecule has 0 radical (unpaired) electrons. The standard InChI is InChI=1S/C15H16BrClS/c16-10-13(6-5-12-7-8-18-11-12)9-14-3-1-2-4-15(14)17/h1-4,7-8,11,13H,5-6,9-10H2. The van der Waals surface area contributed by atoms with E-state index in [1.54, 1.807) is 11.3 Å². The van der Waals surface area contributed by atoms with Crippen molar-refractivity contribution in [2.45, 2.75) is 19.3 Å². The summed E-state index contributed by atoms with van der Waals surface area (Å²) in [7, 11) is 0. The highest BCUT2D eigenvalue weighted by molar-refractivity contribution is 9.09. The van der Waals surface area contributed by atoms with Gasteiger partial charge in [-0.1, -0.05) is 45.7 Å². The van der Waals surface area contributed by atoms with Crippen LogP contribution >= 0.6 is 38.9 Å². The van der Waals surface area contributed by atoms with E-state index in [1.165, 1.54) is 17.5 Å². The highest BCUT2D eigenvalue weighted by Crippen LogP contribution is 2.23. The molecular weight excluding hydrogens is 328 g/mol. The van der Waals surface area contributed by atoms with E-state index in [0.29, 0.717) is 5.92 Å². The van der Waals surface area contributed by atoms with Crippen LogP contribution in [0.25, 0.3) is 0 Å². The van der Waals surface area contributed by atoms with E-state index in [0.717, 1.165) is 23.2 Å². The van der Waals surface area contributed by atoms with E-state index in [-0.39, 0.29) is 0 Å². The van der Waals surface area contributed by atoms with Crippen LogP contribution in [0.5, 0.6) is 0 Å².